The number of pyridine rings is 2. The van der Waals surface area contributed by atoms with Gasteiger partial charge < -0.3 is 0 Å². The van der Waals surface area contributed by atoms with E-state index < -0.39 is 0 Å². The summed E-state index contributed by atoms with van der Waals surface area (Å²) in [5.74, 6) is 0. The SMILES string of the molecule is CCCc1ccncc1.CCCc1ccncc1.[Cl][Pd][Cl]. The number of aromatic nitrogens is 2. The second-order valence-electron chi connectivity index (χ2n) is 4.26. The van der Waals surface area contributed by atoms with Gasteiger partial charge in [-0.15, -0.1) is 0 Å². The van der Waals surface area contributed by atoms with E-state index in [1.807, 2.05) is 24.8 Å². The number of nitrogens with zero attached hydrogens (tertiary/aromatic N) is 2. The Hall–Kier alpha value is -0.458. The van der Waals surface area contributed by atoms with Gasteiger partial charge in [-0.25, -0.2) is 0 Å². The number of halogens is 2. The second-order valence-corrected chi connectivity index (χ2v) is 6.62. The zero-order chi connectivity index (χ0) is 15.8. The van der Waals surface area contributed by atoms with Gasteiger partial charge in [-0.1, -0.05) is 26.7 Å². The quantitative estimate of drug-likeness (QED) is 0.616. The fourth-order valence-corrected chi connectivity index (χ4v) is 1.68. The van der Waals surface area contributed by atoms with Crippen LogP contribution in [0.3, 0.4) is 0 Å². The molecule has 2 aromatic heterocycles. The predicted molar refractivity (Wildman–Crippen MR) is 88.2 cm³/mol. The van der Waals surface area contributed by atoms with Crippen molar-refractivity contribution < 1.29 is 15.9 Å². The molecule has 0 saturated carbocycles. The second kappa shape index (κ2) is 15.9. The van der Waals surface area contributed by atoms with E-state index in [4.69, 9.17) is 19.1 Å². The summed E-state index contributed by atoms with van der Waals surface area (Å²) >= 11 is -0.106. The molecule has 2 heterocycles. The third-order valence-electron chi connectivity index (χ3n) is 2.58. The molecule has 0 fully saturated rings. The van der Waals surface area contributed by atoms with E-state index in [0.717, 1.165) is 0 Å². The molecule has 21 heavy (non-hydrogen) atoms. The summed E-state index contributed by atoms with van der Waals surface area (Å²) in [6, 6.07) is 8.24. The van der Waals surface area contributed by atoms with Crippen LogP contribution in [0.15, 0.2) is 49.1 Å². The van der Waals surface area contributed by atoms with Crippen LogP contribution in [0.2, 0.25) is 0 Å². The number of hydrogen-bond acceptors (Lipinski definition) is 2. The zero-order valence-electron chi connectivity index (χ0n) is 12.4. The van der Waals surface area contributed by atoms with Crippen molar-refractivity contribution in [3.63, 3.8) is 0 Å². The molecule has 2 rings (SSSR count). The number of aryl methyl sites for hydroxylation is 2. The minimum absolute atomic E-state index is 0.106. The molecule has 0 aliphatic rings. The van der Waals surface area contributed by atoms with Gasteiger partial charge in [0.25, 0.3) is 0 Å². The molecule has 120 valence electrons. The fourth-order valence-electron chi connectivity index (χ4n) is 1.68. The molecule has 0 aliphatic carbocycles. The average Bonchev–Trinajstić information content (AvgIpc) is 2.52. The Bertz CT molecular complexity index is 385. The van der Waals surface area contributed by atoms with Crippen LogP contribution in [0.1, 0.15) is 37.8 Å². The van der Waals surface area contributed by atoms with Crippen LogP contribution < -0.4 is 0 Å². The normalized spacial score (nSPS) is 9.14. The third-order valence-corrected chi connectivity index (χ3v) is 2.58. The Balaban J connectivity index is 0.000000322. The molecule has 0 amide bonds. The van der Waals surface area contributed by atoms with Crippen molar-refractivity contribution >= 4 is 19.1 Å². The minimum atomic E-state index is -0.106. The topological polar surface area (TPSA) is 25.8 Å². The average molecular weight is 420 g/mol. The van der Waals surface area contributed by atoms with Crippen molar-refractivity contribution in [1.29, 1.82) is 0 Å². The van der Waals surface area contributed by atoms with Crippen molar-refractivity contribution in [2.24, 2.45) is 0 Å². The molecular weight excluding hydrogens is 398 g/mol. The summed E-state index contributed by atoms with van der Waals surface area (Å²) < 4.78 is 0. The molecule has 2 aromatic rings. The summed E-state index contributed by atoms with van der Waals surface area (Å²) in [6.07, 6.45) is 12.1. The summed E-state index contributed by atoms with van der Waals surface area (Å²) in [5, 5.41) is 0. The summed E-state index contributed by atoms with van der Waals surface area (Å²) in [6.45, 7) is 4.36. The van der Waals surface area contributed by atoms with Gasteiger partial charge in [-0.3, -0.25) is 9.97 Å². The molecule has 0 atom stereocenters. The molecule has 0 aliphatic heterocycles. The summed E-state index contributed by atoms with van der Waals surface area (Å²) in [4.78, 5) is 7.86. The van der Waals surface area contributed by atoms with Crippen molar-refractivity contribution in [2.75, 3.05) is 0 Å². The van der Waals surface area contributed by atoms with Crippen LogP contribution in [0.25, 0.3) is 0 Å². The van der Waals surface area contributed by atoms with E-state index in [2.05, 4.69) is 48.1 Å². The van der Waals surface area contributed by atoms with Gasteiger partial charge in [0.1, 0.15) is 0 Å². The maximum atomic E-state index is 4.81. The molecule has 5 heteroatoms. The summed E-state index contributed by atoms with van der Waals surface area (Å²) in [7, 11) is 9.63. The van der Waals surface area contributed by atoms with Crippen molar-refractivity contribution in [1.82, 2.24) is 9.97 Å². The van der Waals surface area contributed by atoms with E-state index in [1.165, 1.54) is 36.8 Å². The molecule has 0 N–H and O–H groups in total. The molecule has 0 bridgehead atoms. The zero-order valence-corrected chi connectivity index (χ0v) is 15.5. The first-order valence-corrected chi connectivity index (χ1v) is 10.9. The van der Waals surface area contributed by atoms with Crippen LogP contribution >= 0.6 is 19.1 Å². The Morgan fingerprint density at radius 1 is 0.762 bits per heavy atom. The van der Waals surface area contributed by atoms with Crippen LogP contribution in [-0.2, 0) is 28.8 Å². The molecular formula is C16H22Cl2N2Pd. The Kier molecular flexibility index (Phi) is 15.6. The van der Waals surface area contributed by atoms with E-state index in [0.29, 0.717) is 0 Å². The van der Waals surface area contributed by atoms with Crippen LogP contribution in [0.5, 0.6) is 0 Å². The third kappa shape index (κ3) is 13.0. The van der Waals surface area contributed by atoms with Gasteiger partial charge in [0.15, 0.2) is 0 Å². The van der Waals surface area contributed by atoms with Crippen molar-refractivity contribution in [2.45, 2.75) is 39.5 Å². The Morgan fingerprint density at radius 3 is 1.29 bits per heavy atom. The van der Waals surface area contributed by atoms with Gasteiger partial charge in [-0.2, -0.15) is 0 Å². The van der Waals surface area contributed by atoms with E-state index in [1.54, 1.807) is 0 Å². The first kappa shape index (κ1) is 20.5. The monoisotopic (exact) mass is 418 g/mol. The van der Waals surface area contributed by atoms with Crippen molar-refractivity contribution in [3.05, 3.63) is 60.2 Å². The summed E-state index contributed by atoms with van der Waals surface area (Å²) in [5.41, 5.74) is 2.76. The Morgan fingerprint density at radius 2 is 1.05 bits per heavy atom. The van der Waals surface area contributed by atoms with Gasteiger partial charge in [0.2, 0.25) is 0 Å². The van der Waals surface area contributed by atoms with Crippen LogP contribution in [-0.4, -0.2) is 9.97 Å². The van der Waals surface area contributed by atoms with Gasteiger partial charge in [-0.05, 0) is 48.2 Å². The van der Waals surface area contributed by atoms with E-state index in [9.17, 15) is 0 Å². The number of rotatable bonds is 4. The molecule has 0 aromatic carbocycles. The predicted octanol–water partition coefficient (Wildman–Crippen LogP) is 5.44. The number of hydrogen-bond donors (Lipinski definition) is 0. The molecule has 0 unspecified atom stereocenters. The first-order valence-electron chi connectivity index (χ1n) is 6.88. The van der Waals surface area contributed by atoms with E-state index in [-0.39, 0.29) is 15.9 Å². The molecule has 0 saturated heterocycles. The van der Waals surface area contributed by atoms with Gasteiger partial charge in [0, 0.05) is 24.8 Å². The first-order chi connectivity index (χ1) is 10.3. The standard InChI is InChI=1S/2C8H11N.2ClH.Pd/c2*1-2-3-8-4-6-9-7-5-8;;;/h2*4-7H,2-3H2,1H3;2*1H;/q;;;;+2/p-2. The fraction of sp³-hybridized carbons (Fsp3) is 0.375. The van der Waals surface area contributed by atoms with Gasteiger partial charge >= 0.3 is 35.0 Å². The van der Waals surface area contributed by atoms with Crippen LogP contribution in [0.4, 0.5) is 0 Å². The molecule has 2 nitrogen and oxygen atoms in total. The van der Waals surface area contributed by atoms with Crippen LogP contribution in [0, 0.1) is 0 Å². The molecule has 0 radical (unpaired) electrons. The van der Waals surface area contributed by atoms with Gasteiger partial charge in [0.05, 0.1) is 0 Å². The maximum absolute atomic E-state index is 4.81. The molecule has 0 spiro atoms. The van der Waals surface area contributed by atoms with Crippen molar-refractivity contribution in [3.8, 4) is 0 Å². The van der Waals surface area contributed by atoms with E-state index >= 15 is 0 Å². The Labute approximate surface area is 144 Å².